The van der Waals surface area contributed by atoms with Crippen LogP contribution < -0.4 is 15.2 Å². The average Bonchev–Trinajstić information content (AvgIpc) is 2.42. The Hall–Kier alpha value is -1.59. The molecule has 0 aliphatic heterocycles. The topological polar surface area (TPSA) is 70.6 Å². The van der Waals surface area contributed by atoms with Crippen molar-refractivity contribution in [2.75, 3.05) is 13.7 Å². The molecule has 0 amide bonds. The van der Waals surface area contributed by atoms with Crippen molar-refractivity contribution in [3.63, 3.8) is 0 Å². The highest BCUT2D eigenvalue weighted by atomic mass is 16.5. The van der Waals surface area contributed by atoms with Crippen molar-refractivity contribution in [1.29, 1.82) is 0 Å². The lowest BCUT2D eigenvalue weighted by atomic mass is 10.1. The standard InChI is InChI=1S/C14H21NO4/c1-4-12-7-11(8-15-10(2)18-3)5-6-13(12)19-9-14(16)17/h5-7,10,15H,4,8-9H2,1-3H3,(H,16,17)/p-1. The number of hydrogen-bond donors (Lipinski definition) is 1. The number of carboxylic acid groups (broad SMARTS) is 1. The molecule has 1 aromatic carbocycles. The maximum Gasteiger partial charge on any atom is 0.128 e. The third kappa shape index (κ3) is 5.28. The lowest BCUT2D eigenvalue weighted by Crippen LogP contribution is -2.29. The Morgan fingerprint density at radius 2 is 2.21 bits per heavy atom. The number of carboxylic acids is 1. The fraction of sp³-hybridized carbons (Fsp3) is 0.500. The highest BCUT2D eigenvalue weighted by molar-refractivity contribution is 5.66. The smallest absolute Gasteiger partial charge is 0.128 e. The van der Waals surface area contributed by atoms with Crippen LogP contribution in [0.4, 0.5) is 0 Å². The largest absolute Gasteiger partial charge is 0.546 e. The van der Waals surface area contributed by atoms with Crippen LogP contribution in [0, 0.1) is 0 Å². The Morgan fingerprint density at radius 1 is 1.47 bits per heavy atom. The van der Waals surface area contributed by atoms with Crippen LogP contribution in [0.5, 0.6) is 5.75 Å². The van der Waals surface area contributed by atoms with Crippen LogP contribution in [0.15, 0.2) is 18.2 Å². The average molecular weight is 266 g/mol. The molecule has 0 heterocycles. The molecule has 0 fully saturated rings. The van der Waals surface area contributed by atoms with Crippen LogP contribution in [0.25, 0.3) is 0 Å². The van der Waals surface area contributed by atoms with Crippen LogP contribution in [-0.2, 0) is 22.5 Å². The number of aliphatic carboxylic acids is 1. The van der Waals surface area contributed by atoms with Gasteiger partial charge in [0.15, 0.2) is 0 Å². The number of benzene rings is 1. The van der Waals surface area contributed by atoms with Gasteiger partial charge in [-0.15, -0.1) is 0 Å². The first-order valence-electron chi connectivity index (χ1n) is 6.27. The van der Waals surface area contributed by atoms with E-state index in [9.17, 15) is 9.90 Å². The summed E-state index contributed by atoms with van der Waals surface area (Å²) < 4.78 is 10.3. The summed E-state index contributed by atoms with van der Waals surface area (Å²) >= 11 is 0. The summed E-state index contributed by atoms with van der Waals surface area (Å²) in [6.45, 7) is 4.18. The minimum absolute atomic E-state index is 0.0147. The zero-order valence-electron chi connectivity index (χ0n) is 11.6. The second-order valence-corrected chi connectivity index (χ2v) is 4.22. The first-order chi connectivity index (χ1) is 9.06. The molecule has 0 bridgehead atoms. The molecule has 0 spiro atoms. The van der Waals surface area contributed by atoms with E-state index in [4.69, 9.17) is 9.47 Å². The van der Waals surface area contributed by atoms with Crippen LogP contribution in [-0.4, -0.2) is 25.9 Å². The molecule has 0 radical (unpaired) electrons. The second kappa shape index (κ2) is 7.76. The van der Waals surface area contributed by atoms with Crippen molar-refractivity contribution in [2.45, 2.75) is 33.0 Å². The molecule has 0 saturated heterocycles. The number of methoxy groups -OCH3 is 1. The molecule has 1 aromatic rings. The van der Waals surface area contributed by atoms with Gasteiger partial charge in [0.1, 0.15) is 18.6 Å². The summed E-state index contributed by atoms with van der Waals surface area (Å²) in [5, 5.41) is 13.6. The number of nitrogens with one attached hydrogen (secondary N) is 1. The van der Waals surface area contributed by atoms with Crippen molar-refractivity contribution in [1.82, 2.24) is 5.32 Å². The molecule has 19 heavy (non-hydrogen) atoms. The van der Waals surface area contributed by atoms with E-state index in [-0.39, 0.29) is 6.23 Å². The van der Waals surface area contributed by atoms with Gasteiger partial charge in [-0.25, -0.2) is 0 Å². The summed E-state index contributed by atoms with van der Waals surface area (Å²) in [5.41, 5.74) is 2.08. The maximum atomic E-state index is 10.4. The minimum atomic E-state index is -1.22. The molecule has 1 unspecified atom stereocenters. The monoisotopic (exact) mass is 266 g/mol. The van der Waals surface area contributed by atoms with E-state index in [2.05, 4.69) is 5.32 Å². The summed E-state index contributed by atoms with van der Waals surface area (Å²) in [5.74, 6) is -0.628. The summed E-state index contributed by atoms with van der Waals surface area (Å²) in [6, 6.07) is 5.69. The van der Waals surface area contributed by atoms with Gasteiger partial charge >= 0.3 is 0 Å². The van der Waals surface area contributed by atoms with Crippen molar-refractivity contribution in [3.8, 4) is 5.75 Å². The fourth-order valence-corrected chi connectivity index (χ4v) is 1.64. The lowest BCUT2D eigenvalue weighted by molar-refractivity contribution is -0.307. The van der Waals surface area contributed by atoms with E-state index in [0.29, 0.717) is 12.3 Å². The number of rotatable bonds is 8. The minimum Gasteiger partial charge on any atom is -0.546 e. The van der Waals surface area contributed by atoms with Gasteiger partial charge < -0.3 is 19.4 Å². The van der Waals surface area contributed by atoms with Crippen molar-refractivity contribution < 1.29 is 19.4 Å². The number of ether oxygens (including phenoxy) is 2. The molecule has 0 aliphatic carbocycles. The van der Waals surface area contributed by atoms with E-state index in [1.54, 1.807) is 13.2 Å². The molecule has 106 valence electrons. The molecule has 0 aromatic heterocycles. The van der Waals surface area contributed by atoms with Gasteiger partial charge in [0, 0.05) is 13.7 Å². The molecule has 5 heteroatoms. The lowest BCUT2D eigenvalue weighted by Gasteiger charge is -2.15. The van der Waals surface area contributed by atoms with Crippen molar-refractivity contribution in [3.05, 3.63) is 29.3 Å². The van der Waals surface area contributed by atoms with Gasteiger partial charge in [0.05, 0.1) is 5.97 Å². The Balaban J connectivity index is 2.69. The zero-order valence-corrected chi connectivity index (χ0v) is 11.6. The number of carbonyl (C=O) groups is 1. The van der Waals surface area contributed by atoms with Gasteiger partial charge in [0.2, 0.25) is 0 Å². The van der Waals surface area contributed by atoms with E-state index >= 15 is 0 Å². The number of aryl methyl sites for hydroxylation is 1. The van der Waals surface area contributed by atoms with Gasteiger partial charge in [-0.3, -0.25) is 5.32 Å². The Kier molecular flexibility index (Phi) is 6.32. The Bertz CT molecular complexity index is 420. The number of hydrogen-bond acceptors (Lipinski definition) is 5. The van der Waals surface area contributed by atoms with Crippen molar-refractivity contribution in [2.24, 2.45) is 0 Å². The molecule has 1 N–H and O–H groups in total. The summed E-state index contributed by atoms with van der Waals surface area (Å²) in [6.07, 6.45) is 0.759. The normalized spacial score (nSPS) is 12.2. The Labute approximate surface area is 113 Å². The van der Waals surface area contributed by atoms with Gasteiger partial charge in [-0.1, -0.05) is 19.1 Å². The highest BCUT2D eigenvalue weighted by Gasteiger charge is 2.05. The van der Waals surface area contributed by atoms with Crippen molar-refractivity contribution >= 4 is 5.97 Å². The predicted molar refractivity (Wildman–Crippen MR) is 69.6 cm³/mol. The van der Waals surface area contributed by atoms with Crippen LogP contribution in [0.1, 0.15) is 25.0 Å². The molecule has 0 aliphatic rings. The Morgan fingerprint density at radius 3 is 2.79 bits per heavy atom. The highest BCUT2D eigenvalue weighted by Crippen LogP contribution is 2.20. The fourth-order valence-electron chi connectivity index (χ4n) is 1.64. The first kappa shape index (κ1) is 15.5. The van der Waals surface area contributed by atoms with E-state index in [1.165, 1.54) is 0 Å². The SMILES string of the molecule is CCc1cc(CNC(C)OC)ccc1OCC(=O)[O-]. The molecule has 1 rings (SSSR count). The number of carbonyl (C=O) groups excluding carboxylic acids is 1. The molecular formula is C14H20NO4-. The predicted octanol–water partition coefficient (Wildman–Crippen LogP) is 0.460. The molecular weight excluding hydrogens is 246 g/mol. The molecule has 1 atom stereocenters. The van der Waals surface area contributed by atoms with Crippen LogP contribution >= 0.6 is 0 Å². The summed E-state index contributed by atoms with van der Waals surface area (Å²) in [7, 11) is 1.64. The van der Waals surface area contributed by atoms with E-state index < -0.39 is 12.6 Å². The zero-order chi connectivity index (χ0) is 14.3. The third-order valence-corrected chi connectivity index (χ3v) is 2.80. The summed E-state index contributed by atoms with van der Waals surface area (Å²) in [4.78, 5) is 10.4. The third-order valence-electron chi connectivity index (χ3n) is 2.80. The molecule has 0 saturated carbocycles. The molecule has 5 nitrogen and oxygen atoms in total. The van der Waals surface area contributed by atoms with Gasteiger partial charge in [0.25, 0.3) is 0 Å². The van der Waals surface area contributed by atoms with E-state index in [1.807, 2.05) is 26.0 Å². The van der Waals surface area contributed by atoms with Gasteiger partial charge in [-0.2, -0.15) is 0 Å². The van der Waals surface area contributed by atoms with Gasteiger partial charge in [-0.05, 0) is 30.5 Å². The van der Waals surface area contributed by atoms with E-state index in [0.717, 1.165) is 17.5 Å². The second-order valence-electron chi connectivity index (χ2n) is 4.22. The maximum absolute atomic E-state index is 10.4. The van der Waals surface area contributed by atoms with Crippen LogP contribution in [0.2, 0.25) is 0 Å². The van der Waals surface area contributed by atoms with Crippen LogP contribution in [0.3, 0.4) is 0 Å². The first-order valence-corrected chi connectivity index (χ1v) is 6.27. The quantitative estimate of drug-likeness (QED) is 0.692.